The van der Waals surface area contributed by atoms with Gasteiger partial charge in [0.2, 0.25) is 0 Å². The minimum Gasteiger partial charge on any atom is -0.478 e. The van der Waals surface area contributed by atoms with Crippen molar-refractivity contribution in [3.05, 3.63) is 48.7 Å². The van der Waals surface area contributed by atoms with Crippen LogP contribution in [-0.4, -0.2) is 36.0 Å². The number of carbonyl (C=O) groups excluding carboxylic acids is 2. The Morgan fingerprint density at radius 2 is 1.58 bits per heavy atom. The van der Waals surface area contributed by atoms with Crippen molar-refractivity contribution in [2.75, 3.05) is 13.1 Å². The molecule has 1 rings (SSSR count). The first-order valence-electron chi connectivity index (χ1n) is 5.35. The zero-order valence-corrected chi connectivity index (χ0v) is 9.97. The van der Waals surface area contributed by atoms with Crippen LogP contribution in [0.3, 0.4) is 0 Å². The molecule has 4 radical (unpaired) electrons. The maximum atomic E-state index is 11.6. The molecular weight excluding hydrogens is 248 g/mol. The third kappa shape index (κ3) is 3.54. The highest BCUT2D eigenvalue weighted by Crippen LogP contribution is 2.13. The number of hydrogen-bond donors (Lipinski definition) is 3. The Kier molecular flexibility index (Phi) is 5.05. The van der Waals surface area contributed by atoms with E-state index in [1.807, 2.05) is 0 Å². The predicted molar refractivity (Wildman–Crippen MR) is 66.7 cm³/mol. The number of nitrogens with one attached hydrogen (secondary N) is 2. The number of carbonyl (C=O) groups is 3. The number of amides is 2. The first-order chi connectivity index (χ1) is 9.01. The highest BCUT2D eigenvalue weighted by atomic mass is 16.4. The topological polar surface area (TPSA) is 95.5 Å². The van der Waals surface area contributed by atoms with Gasteiger partial charge in [-0.1, -0.05) is 0 Å². The number of benzene rings is 1. The van der Waals surface area contributed by atoms with Crippen molar-refractivity contribution in [2.24, 2.45) is 0 Å². The standard InChI is InChI=1S/C13H12N2O4/c1-3-14-11(16)8-5-6-9(12(17)15-4-2)10(7-8)13(18)19/h1-2,5-7H,3-4H2,(H,14,16)(H,15,17)(H,18,19). The van der Waals surface area contributed by atoms with Gasteiger partial charge in [-0.2, -0.15) is 0 Å². The lowest BCUT2D eigenvalue weighted by molar-refractivity contribution is 0.0691. The predicted octanol–water partition coefficient (Wildman–Crippen LogP) is 0.267. The van der Waals surface area contributed by atoms with Gasteiger partial charge in [-0.05, 0) is 32.0 Å². The van der Waals surface area contributed by atoms with E-state index in [0.717, 1.165) is 6.07 Å². The molecular formula is C13H12N2O4. The van der Waals surface area contributed by atoms with E-state index in [-0.39, 0.29) is 29.8 Å². The fourth-order valence-electron chi connectivity index (χ4n) is 1.44. The summed E-state index contributed by atoms with van der Waals surface area (Å²) in [6, 6.07) is 3.70. The fraction of sp³-hybridized carbons (Fsp3) is 0.154. The van der Waals surface area contributed by atoms with E-state index >= 15 is 0 Å². The van der Waals surface area contributed by atoms with Gasteiger partial charge in [0, 0.05) is 18.7 Å². The lowest BCUT2D eigenvalue weighted by Gasteiger charge is -2.08. The lowest BCUT2D eigenvalue weighted by Crippen LogP contribution is -2.26. The molecule has 19 heavy (non-hydrogen) atoms. The van der Waals surface area contributed by atoms with Gasteiger partial charge < -0.3 is 15.7 Å². The summed E-state index contributed by atoms with van der Waals surface area (Å²) in [7, 11) is 0. The number of carboxylic acids is 1. The van der Waals surface area contributed by atoms with E-state index in [1.165, 1.54) is 12.1 Å². The van der Waals surface area contributed by atoms with Gasteiger partial charge in [0.1, 0.15) is 0 Å². The van der Waals surface area contributed by atoms with Crippen LogP contribution in [0.5, 0.6) is 0 Å². The number of hydrogen-bond acceptors (Lipinski definition) is 3. The van der Waals surface area contributed by atoms with Crippen molar-refractivity contribution < 1.29 is 19.5 Å². The third-order valence-electron chi connectivity index (χ3n) is 2.28. The highest BCUT2D eigenvalue weighted by molar-refractivity contribution is 6.07. The molecule has 0 aromatic heterocycles. The summed E-state index contributed by atoms with van der Waals surface area (Å²) in [6.07, 6.45) is 0. The van der Waals surface area contributed by atoms with E-state index in [4.69, 9.17) is 19.0 Å². The molecule has 0 aliphatic carbocycles. The quantitative estimate of drug-likeness (QED) is 0.708. The molecule has 0 saturated heterocycles. The minimum atomic E-state index is -1.32. The molecule has 0 fully saturated rings. The van der Waals surface area contributed by atoms with Crippen molar-refractivity contribution in [2.45, 2.75) is 0 Å². The monoisotopic (exact) mass is 260 g/mol. The van der Waals surface area contributed by atoms with E-state index in [2.05, 4.69) is 10.6 Å². The molecule has 0 bridgehead atoms. The van der Waals surface area contributed by atoms with Crippen LogP contribution in [-0.2, 0) is 0 Å². The maximum Gasteiger partial charge on any atom is 0.336 e. The lowest BCUT2D eigenvalue weighted by atomic mass is 10.0. The van der Waals surface area contributed by atoms with Crippen molar-refractivity contribution in [3.63, 3.8) is 0 Å². The summed E-state index contributed by atoms with van der Waals surface area (Å²) in [5.41, 5.74) is -0.245. The van der Waals surface area contributed by atoms with E-state index < -0.39 is 17.8 Å². The van der Waals surface area contributed by atoms with Crippen LogP contribution >= 0.6 is 0 Å². The van der Waals surface area contributed by atoms with Gasteiger partial charge >= 0.3 is 5.97 Å². The molecule has 0 heterocycles. The molecule has 0 aliphatic rings. The van der Waals surface area contributed by atoms with Crippen LogP contribution in [0.2, 0.25) is 0 Å². The van der Waals surface area contributed by atoms with Crippen molar-refractivity contribution in [1.29, 1.82) is 0 Å². The van der Waals surface area contributed by atoms with E-state index in [0.29, 0.717) is 0 Å². The summed E-state index contributed by atoms with van der Waals surface area (Å²) in [5, 5.41) is 13.7. The van der Waals surface area contributed by atoms with Crippen molar-refractivity contribution >= 4 is 17.8 Å². The largest absolute Gasteiger partial charge is 0.478 e. The van der Waals surface area contributed by atoms with Crippen LogP contribution in [0.25, 0.3) is 0 Å². The number of aromatic carboxylic acids is 1. The Morgan fingerprint density at radius 3 is 2.11 bits per heavy atom. The Labute approximate surface area is 110 Å². The average Bonchev–Trinajstić information content (AvgIpc) is 2.38. The Hall–Kier alpha value is -2.37. The summed E-state index contributed by atoms with van der Waals surface area (Å²) < 4.78 is 0. The van der Waals surface area contributed by atoms with Crippen LogP contribution in [0, 0.1) is 13.8 Å². The summed E-state index contributed by atoms with van der Waals surface area (Å²) in [6.45, 7) is 10.1. The van der Waals surface area contributed by atoms with Crippen LogP contribution < -0.4 is 10.6 Å². The molecule has 1 aromatic carbocycles. The zero-order valence-electron chi connectivity index (χ0n) is 9.97. The molecule has 2 amide bonds. The van der Waals surface area contributed by atoms with Crippen LogP contribution in [0.1, 0.15) is 31.1 Å². The second kappa shape index (κ2) is 6.53. The molecule has 0 aliphatic heterocycles. The molecule has 0 unspecified atom stereocenters. The van der Waals surface area contributed by atoms with Crippen LogP contribution in [0.15, 0.2) is 18.2 Å². The fourth-order valence-corrected chi connectivity index (χ4v) is 1.44. The second-order valence-electron chi connectivity index (χ2n) is 3.49. The zero-order chi connectivity index (χ0) is 14.4. The van der Waals surface area contributed by atoms with E-state index in [1.54, 1.807) is 0 Å². The summed E-state index contributed by atoms with van der Waals surface area (Å²) in [5.74, 6) is -2.45. The van der Waals surface area contributed by atoms with Crippen molar-refractivity contribution in [3.8, 4) is 0 Å². The number of rotatable bonds is 5. The molecule has 0 atom stereocenters. The van der Waals surface area contributed by atoms with Gasteiger partial charge in [0.25, 0.3) is 11.8 Å². The summed E-state index contributed by atoms with van der Waals surface area (Å²) in [4.78, 5) is 34.2. The Bertz CT molecular complexity index is 511. The van der Waals surface area contributed by atoms with Gasteiger partial charge in [0.05, 0.1) is 11.1 Å². The van der Waals surface area contributed by atoms with Crippen LogP contribution in [0.4, 0.5) is 0 Å². The first-order valence-corrected chi connectivity index (χ1v) is 5.35. The highest BCUT2D eigenvalue weighted by Gasteiger charge is 2.18. The molecule has 0 spiro atoms. The normalized spacial score (nSPS) is 9.79. The molecule has 6 nitrogen and oxygen atoms in total. The first kappa shape index (κ1) is 14.7. The summed E-state index contributed by atoms with van der Waals surface area (Å²) >= 11 is 0. The molecule has 0 saturated carbocycles. The molecule has 3 N–H and O–H groups in total. The Morgan fingerprint density at radius 1 is 1.00 bits per heavy atom. The van der Waals surface area contributed by atoms with Gasteiger partial charge in [0.15, 0.2) is 0 Å². The van der Waals surface area contributed by atoms with Crippen molar-refractivity contribution in [1.82, 2.24) is 10.6 Å². The molecule has 1 aromatic rings. The average molecular weight is 260 g/mol. The SMILES string of the molecule is [CH]CNC(=O)c1ccc(C(=O)NC[CH])c(C(=O)O)c1. The van der Waals surface area contributed by atoms with Gasteiger partial charge in [-0.3, -0.25) is 9.59 Å². The Balaban J connectivity index is 3.18. The second-order valence-corrected chi connectivity index (χ2v) is 3.49. The van der Waals surface area contributed by atoms with Gasteiger partial charge in [-0.15, -0.1) is 0 Å². The maximum absolute atomic E-state index is 11.6. The van der Waals surface area contributed by atoms with E-state index in [9.17, 15) is 14.4 Å². The molecule has 6 heteroatoms. The van der Waals surface area contributed by atoms with Gasteiger partial charge in [-0.25, -0.2) is 4.79 Å². The molecule has 98 valence electrons. The smallest absolute Gasteiger partial charge is 0.336 e. The third-order valence-corrected chi connectivity index (χ3v) is 2.28. The minimum absolute atomic E-state index is 0.0674. The number of carboxylic acid groups (broad SMARTS) is 1.